The number of carbonyl (C=O) groups is 1. The van der Waals surface area contributed by atoms with E-state index in [0.717, 1.165) is 58.4 Å². The van der Waals surface area contributed by atoms with Gasteiger partial charge in [0.25, 0.3) is 0 Å². The molecule has 2 aliphatic rings. The van der Waals surface area contributed by atoms with Crippen LogP contribution in [0.3, 0.4) is 0 Å². The average molecular weight is 297 g/mol. The number of likely N-dealkylation sites (tertiary alicyclic amines) is 1. The van der Waals surface area contributed by atoms with Crippen LogP contribution in [0.25, 0.3) is 0 Å². The standard InChI is InChI=1S/C16H31N3O2/c1-13(20)11-19-9-6-14(7-10-19)12-18(2)16(21)15-5-3-4-8-17-15/h13-15,17,20H,3-12H2,1-2H3/t13?,15-/m1/s1. The maximum absolute atomic E-state index is 12.4. The molecule has 2 saturated heterocycles. The summed E-state index contributed by atoms with van der Waals surface area (Å²) in [5, 5.41) is 12.8. The highest BCUT2D eigenvalue weighted by molar-refractivity contribution is 5.81. The van der Waals surface area contributed by atoms with Crippen molar-refractivity contribution in [3.05, 3.63) is 0 Å². The van der Waals surface area contributed by atoms with Gasteiger partial charge in [-0.3, -0.25) is 4.79 Å². The molecule has 1 unspecified atom stereocenters. The van der Waals surface area contributed by atoms with Crippen molar-refractivity contribution >= 4 is 5.91 Å². The number of aliphatic hydroxyl groups excluding tert-OH is 1. The Hall–Kier alpha value is -0.650. The summed E-state index contributed by atoms with van der Waals surface area (Å²) in [4.78, 5) is 16.7. The van der Waals surface area contributed by atoms with Crippen LogP contribution >= 0.6 is 0 Å². The lowest BCUT2D eigenvalue weighted by atomic mass is 9.95. The Labute approximate surface area is 128 Å². The summed E-state index contributed by atoms with van der Waals surface area (Å²) in [5.74, 6) is 0.869. The Balaban J connectivity index is 1.71. The molecule has 0 aromatic carbocycles. The molecule has 122 valence electrons. The van der Waals surface area contributed by atoms with Crippen molar-refractivity contribution in [1.29, 1.82) is 0 Å². The summed E-state index contributed by atoms with van der Waals surface area (Å²) in [5.41, 5.74) is 0. The summed E-state index contributed by atoms with van der Waals surface area (Å²) in [6.07, 6.45) is 5.34. The van der Waals surface area contributed by atoms with E-state index in [2.05, 4.69) is 10.2 Å². The van der Waals surface area contributed by atoms with E-state index in [1.54, 1.807) is 0 Å². The molecule has 0 aromatic rings. The van der Waals surface area contributed by atoms with Gasteiger partial charge < -0.3 is 20.2 Å². The van der Waals surface area contributed by atoms with Crippen LogP contribution in [0.1, 0.15) is 39.0 Å². The quantitative estimate of drug-likeness (QED) is 0.783. The first-order chi connectivity index (χ1) is 10.1. The third-order valence-corrected chi connectivity index (χ3v) is 4.75. The minimum absolute atomic E-state index is 0.0408. The van der Waals surface area contributed by atoms with Crippen molar-refractivity contribution in [3.63, 3.8) is 0 Å². The molecule has 1 amide bonds. The Morgan fingerprint density at radius 1 is 1.33 bits per heavy atom. The number of nitrogens with one attached hydrogen (secondary N) is 1. The zero-order chi connectivity index (χ0) is 15.2. The van der Waals surface area contributed by atoms with Gasteiger partial charge in [-0.1, -0.05) is 6.42 Å². The minimum atomic E-state index is -0.247. The van der Waals surface area contributed by atoms with Crippen molar-refractivity contribution in [1.82, 2.24) is 15.1 Å². The molecule has 2 aliphatic heterocycles. The Morgan fingerprint density at radius 3 is 2.62 bits per heavy atom. The van der Waals surface area contributed by atoms with Crippen molar-refractivity contribution < 1.29 is 9.90 Å². The number of piperidine rings is 2. The van der Waals surface area contributed by atoms with Crippen LogP contribution in [0, 0.1) is 5.92 Å². The van der Waals surface area contributed by atoms with Gasteiger partial charge in [-0.2, -0.15) is 0 Å². The molecule has 2 atom stereocenters. The predicted octanol–water partition coefficient (Wildman–Crippen LogP) is 0.680. The van der Waals surface area contributed by atoms with E-state index >= 15 is 0 Å². The zero-order valence-corrected chi connectivity index (χ0v) is 13.6. The van der Waals surface area contributed by atoms with Gasteiger partial charge in [-0.25, -0.2) is 0 Å². The molecule has 5 heteroatoms. The lowest BCUT2D eigenvalue weighted by molar-refractivity contribution is -0.133. The Morgan fingerprint density at radius 2 is 2.05 bits per heavy atom. The molecule has 0 aromatic heterocycles. The van der Waals surface area contributed by atoms with Crippen LogP contribution in [0.5, 0.6) is 0 Å². The van der Waals surface area contributed by atoms with Crippen LogP contribution in [0.15, 0.2) is 0 Å². The number of hydrogen-bond acceptors (Lipinski definition) is 4. The first-order valence-corrected chi connectivity index (χ1v) is 8.45. The van der Waals surface area contributed by atoms with E-state index in [9.17, 15) is 9.90 Å². The van der Waals surface area contributed by atoms with Crippen LogP contribution in [0.4, 0.5) is 0 Å². The molecule has 2 fully saturated rings. The summed E-state index contributed by atoms with van der Waals surface area (Å²) in [6, 6.07) is 0.0408. The highest BCUT2D eigenvalue weighted by Crippen LogP contribution is 2.19. The summed E-state index contributed by atoms with van der Waals surface area (Å²) >= 11 is 0. The van der Waals surface area contributed by atoms with Gasteiger partial charge in [0.1, 0.15) is 0 Å². The highest BCUT2D eigenvalue weighted by atomic mass is 16.3. The number of amides is 1. The van der Waals surface area contributed by atoms with E-state index in [4.69, 9.17) is 0 Å². The molecule has 5 nitrogen and oxygen atoms in total. The fraction of sp³-hybridized carbons (Fsp3) is 0.938. The number of nitrogens with zero attached hydrogens (tertiary/aromatic N) is 2. The summed E-state index contributed by atoms with van der Waals surface area (Å²) in [7, 11) is 1.95. The molecule has 2 N–H and O–H groups in total. The van der Waals surface area contributed by atoms with Gasteiger partial charge in [0, 0.05) is 20.1 Å². The molecule has 0 bridgehead atoms. The first kappa shape index (κ1) is 16.7. The van der Waals surface area contributed by atoms with Crippen molar-refractivity contribution in [2.45, 2.75) is 51.2 Å². The third kappa shape index (κ3) is 5.24. The van der Waals surface area contributed by atoms with Gasteiger partial charge in [-0.05, 0) is 58.2 Å². The van der Waals surface area contributed by atoms with Crippen LogP contribution in [-0.4, -0.2) is 72.7 Å². The normalized spacial score (nSPS) is 26.5. The van der Waals surface area contributed by atoms with Gasteiger partial charge in [0.2, 0.25) is 5.91 Å². The number of hydrogen-bond donors (Lipinski definition) is 2. The van der Waals surface area contributed by atoms with Gasteiger partial charge >= 0.3 is 0 Å². The predicted molar refractivity (Wildman–Crippen MR) is 84.1 cm³/mol. The van der Waals surface area contributed by atoms with Gasteiger partial charge in [0.15, 0.2) is 0 Å². The SMILES string of the molecule is CC(O)CN1CCC(CN(C)C(=O)[C@H]2CCCCN2)CC1. The van der Waals surface area contributed by atoms with Crippen molar-refractivity contribution in [2.75, 3.05) is 39.8 Å². The monoisotopic (exact) mass is 297 g/mol. The van der Waals surface area contributed by atoms with Gasteiger partial charge in [0.05, 0.1) is 12.1 Å². The van der Waals surface area contributed by atoms with Gasteiger partial charge in [-0.15, -0.1) is 0 Å². The lowest BCUT2D eigenvalue weighted by Crippen LogP contribution is -2.49. The van der Waals surface area contributed by atoms with Crippen molar-refractivity contribution in [3.8, 4) is 0 Å². The number of carbonyl (C=O) groups excluding carboxylic acids is 1. The van der Waals surface area contributed by atoms with E-state index in [-0.39, 0.29) is 18.1 Å². The van der Waals surface area contributed by atoms with Crippen molar-refractivity contribution in [2.24, 2.45) is 5.92 Å². The topological polar surface area (TPSA) is 55.8 Å². The molecule has 0 aliphatic carbocycles. The molecular formula is C16H31N3O2. The van der Waals surface area contributed by atoms with Crippen LogP contribution in [0.2, 0.25) is 0 Å². The fourth-order valence-corrected chi connectivity index (χ4v) is 3.53. The maximum Gasteiger partial charge on any atom is 0.239 e. The molecule has 2 rings (SSSR count). The molecule has 21 heavy (non-hydrogen) atoms. The Bertz CT molecular complexity index is 321. The van der Waals surface area contributed by atoms with E-state index in [1.807, 2.05) is 18.9 Å². The second-order valence-electron chi connectivity index (χ2n) is 6.81. The molecule has 0 saturated carbocycles. The van der Waals surface area contributed by atoms with Crippen LogP contribution < -0.4 is 5.32 Å². The fourth-order valence-electron chi connectivity index (χ4n) is 3.53. The second kappa shape index (κ2) is 8.11. The third-order valence-electron chi connectivity index (χ3n) is 4.75. The number of β-amino-alcohol motifs (C(OH)–C–C–N with tert-alkyl or cyclic N) is 1. The smallest absolute Gasteiger partial charge is 0.239 e. The molecule has 0 radical (unpaired) electrons. The van der Waals surface area contributed by atoms with E-state index in [0.29, 0.717) is 5.92 Å². The molecule has 2 heterocycles. The number of likely N-dealkylation sites (N-methyl/N-ethyl adjacent to an activating group) is 1. The number of aliphatic hydroxyl groups is 1. The zero-order valence-electron chi connectivity index (χ0n) is 13.6. The van der Waals surface area contributed by atoms with Crippen LogP contribution in [-0.2, 0) is 4.79 Å². The average Bonchev–Trinajstić information content (AvgIpc) is 2.49. The highest BCUT2D eigenvalue weighted by Gasteiger charge is 2.27. The summed E-state index contributed by atoms with van der Waals surface area (Å²) in [6.45, 7) is 6.54. The largest absolute Gasteiger partial charge is 0.392 e. The molecular weight excluding hydrogens is 266 g/mol. The van der Waals surface area contributed by atoms with E-state index < -0.39 is 0 Å². The van der Waals surface area contributed by atoms with E-state index in [1.165, 1.54) is 6.42 Å². The first-order valence-electron chi connectivity index (χ1n) is 8.45. The second-order valence-corrected chi connectivity index (χ2v) is 6.81. The maximum atomic E-state index is 12.4. The minimum Gasteiger partial charge on any atom is -0.392 e. The number of rotatable bonds is 5. The lowest BCUT2D eigenvalue weighted by Gasteiger charge is -2.35. The Kier molecular flexibility index (Phi) is 6.45. The molecule has 0 spiro atoms. The summed E-state index contributed by atoms with van der Waals surface area (Å²) < 4.78 is 0.